The van der Waals surface area contributed by atoms with Crippen LogP contribution in [0.1, 0.15) is 45.2 Å². The average molecular weight is 277 g/mol. The van der Waals surface area contributed by atoms with E-state index in [1.54, 1.807) is 0 Å². The molecule has 0 unspecified atom stereocenters. The molecule has 0 radical (unpaired) electrons. The van der Waals surface area contributed by atoms with Gasteiger partial charge in [0.05, 0.1) is 6.42 Å². The maximum atomic E-state index is 10.7. The van der Waals surface area contributed by atoms with Crippen molar-refractivity contribution in [2.75, 3.05) is 6.54 Å². The summed E-state index contributed by atoms with van der Waals surface area (Å²) in [5.41, 5.74) is 2.61. The second-order valence-electron chi connectivity index (χ2n) is 6.12. The van der Waals surface area contributed by atoms with E-state index in [0.717, 1.165) is 13.0 Å². The zero-order valence-corrected chi connectivity index (χ0v) is 13.1. The molecule has 20 heavy (non-hydrogen) atoms. The van der Waals surface area contributed by atoms with E-state index >= 15 is 0 Å². The van der Waals surface area contributed by atoms with E-state index in [-0.39, 0.29) is 6.42 Å². The van der Waals surface area contributed by atoms with Crippen LogP contribution in [-0.2, 0) is 17.8 Å². The maximum absolute atomic E-state index is 10.7. The molecule has 1 aromatic carbocycles. The number of benzene rings is 1. The van der Waals surface area contributed by atoms with Gasteiger partial charge in [0.25, 0.3) is 0 Å². The summed E-state index contributed by atoms with van der Waals surface area (Å²) in [6, 6.07) is 9.04. The monoisotopic (exact) mass is 277 g/mol. The fraction of sp³-hybridized carbons (Fsp3) is 0.588. The summed E-state index contributed by atoms with van der Waals surface area (Å²) in [6.45, 7) is 10.1. The Morgan fingerprint density at radius 1 is 1.10 bits per heavy atom. The predicted octanol–water partition coefficient (Wildman–Crippen LogP) is 3.57. The second kappa shape index (κ2) is 8.05. The van der Waals surface area contributed by atoms with Gasteiger partial charge in [-0.2, -0.15) is 0 Å². The van der Waals surface area contributed by atoms with Gasteiger partial charge in [0.2, 0.25) is 0 Å². The minimum atomic E-state index is -0.733. The number of carboxylic acids is 1. The Kier molecular flexibility index (Phi) is 6.73. The molecule has 1 N–H and O–H groups in total. The molecule has 1 rings (SSSR count). The molecule has 0 bridgehead atoms. The van der Waals surface area contributed by atoms with E-state index in [1.165, 1.54) is 11.1 Å². The zero-order chi connectivity index (χ0) is 15.1. The maximum Gasteiger partial charge on any atom is 0.304 e. The minimum absolute atomic E-state index is 0.198. The van der Waals surface area contributed by atoms with Crippen molar-refractivity contribution >= 4 is 5.97 Å². The van der Waals surface area contributed by atoms with E-state index in [2.05, 4.69) is 56.9 Å². The lowest BCUT2D eigenvalue weighted by Crippen LogP contribution is -2.32. The molecule has 0 aliphatic heterocycles. The first-order valence-electron chi connectivity index (χ1n) is 7.42. The summed E-state index contributed by atoms with van der Waals surface area (Å²) in [5, 5.41) is 8.80. The molecule has 0 atom stereocenters. The number of rotatable bonds is 8. The number of carbonyl (C=O) groups is 1. The lowest BCUT2D eigenvalue weighted by molar-refractivity contribution is -0.137. The molecule has 0 saturated carbocycles. The molecule has 0 spiro atoms. The van der Waals surface area contributed by atoms with Crippen molar-refractivity contribution in [3.63, 3.8) is 0 Å². The van der Waals surface area contributed by atoms with Crippen LogP contribution in [0.4, 0.5) is 0 Å². The van der Waals surface area contributed by atoms with Crippen LogP contribution < -0.4 is 0 Å². The van der Waals surface area contributed by atoms with Crippen LogP contribution in [0.2, 0.25) is 0 Å². The highest BCUT2D eigenvalue weighted by Crippen LogP contribution is 2.13. The fourth-order valence-corrected chi connectivity index (χ4v) is 2.25. The Morgan fingerprint density at radius 3 is 2.10 bits per heavy atom. The fourth-order valence-electron chi connectivity index (χ4n) is 2.25. The molecule has 1 aromatic rings. The number of hydrogen-bond donors (Lipinski definition) is 1. The van der Waals surface area contributed by atoms with Gasteiger partial charge in [-0.25, -0.2) is 0 Å². The first-order chi connectivity index (χ1) is 9.38. The molecule has 0 heterocycles. The smallest absolute Gasteiger partial charge is 0.304 e. The van der Waals surface area contributed by atoms with E-state index in [4.69, 9.17) is 5.11 Å². The summed E-state index contributed by atoms with van der Waals surface area (Å²) in [7, 11) is 0. The molecule has 3 heteroatoms. The molecule has 0 fully saturated rings. The zero-order valence-electron chi connectivity index (χ0n) is 13.1. The number of nitrogens with zero attached hydrogens (tertiary/aromatic N) is 1. The van der Waals surface area contributed by atoms with E-state index in [1.807, 2.05) is 0 Å². The average Bonchev–Trinajstić information content (AvgIpc) is 2.35. The van der Waals surface area contributed by atoms with Crippen molar-refractivity contribution in [3.8, 4) is 0 Å². The van der Waals surface area contributed by atoms with Crippen molar-refractivity contribution < 1.29 is 9.90 Å². The third kappa shape index (κ3) is 6.20. The molecule has 0 aromatic heterocycles. The highest BCUT2D eigenvalue weighted by atomic mass is 16.4. The number of carboxylic acid groups (broad SMARTS) is 1. The van der Waals surface area contributed by atoms with Crippen molar-refractivity contribution in [3.05, 3.63) is 35.4 Å². The van der Waals surface area contributed by atoms with Gasteiger partial charge in [-0.1, -0.05) is 38.1 Å². The van der Waals surface area contributed by atoms with Gasteiger partial charge in [-0.15, -0.1) is 0 Å². The molecule has 0 amide bonds. The third-order valence-electron chi connectivity index (χ3n) is 3.40. The Morgan fingerprint density at radius 2 is 1.65 bits per heavy atom. The Balaban J connectivity index is 2.61. The van der Waals surface area contributed by atoms with Crippen molar-refractivity contribution in [1.82, 2.24) is 4.90 Å². The van der Waals surface area contributed by atoms with Crippen LogP contribution in [0.5, 0.6) is 0 Å². The highest BCUT2D eigenvalue weighted by Gasteiger charge is 2.11. The minimum Gasteiger partial charge on any atom is -0.481 e. The normalized spacial score (nSPS) is 11.6. The van der Waals surface area contributed by atoms with Crippen molar-refractivity contribution in [2.45, 2.75) is 53.1 Å². The quantitative estimate of drug-likeness (QED) is 0.789. The molecule has 0 aliphatic carbocycles. The first kappa shape index (κ1) is 16.7. The van der Waals surface area contributed by atoms with Gasteiger partial charge in [-0.3, -0.25) is 9.69 Å². The van der Waals surface area contributed by atoms with Gasteiger partial charge in [0.15, 0.2) is 0 Å². The van der Waals surface area contributed by atoms with Crippen LogP contribution in [0.3, 0.4) is 0 Å². The lowest BCUT2D eigenvalue weighted by atomic mass is 10.0. The van der Waals surface area contributed by atoms with Crippen molar-refractivity contribution in [1.29, 1.82) is 0 Å². The highest BCUT2D eigenvalue weighted by molar-refractivity contribution is 5.66. The van der Waals surface area contributed by atoms with Crippen LogP contribution in [0.25, 0.3) is 0 Å². The second-order valence-corrected chi connectivity index (χ2v) is 6.12. The summed E-state index contributed by atoms with van der Waals surface area (Å²) < 4.78 is 0. The van der Waals surface area contributed by atoms with E-state index in [9.17, 15) is 4.79 Å². The molecule has 0 saturated heterocycles. The third-order valence-corrected chi connectivity index (χ3v) is 3.40. The van der Waals surface area contributed by atoms with Gasteiger partial charge in [0.1, 0.15) is 0 Å². The summed E-state index contributed by atoms with van der Waals surface area (Å²) in [5.74, 6) is -0.0634. The van der Waals surface area contributed by atoms with Crippen molar-refractivity contribution in [2.24, 2.45) is 5.92 Å². The van der Waals surface area contributed by atoms with Gasteiger partial charge in [0, 0.05) is 19.1 Å². The van der Waals surface area contributed by atoms with Crippen LogP contribution in [-0.4, -0.2) is 28.6 Å². The van der Waals surface area contributed by atoms with Crippen LogP contribution in [0.15, 0.2) is 24.3 Å². The molecule has 0 aliphatic rings. The van der Waals surface area contributed by atoms with Gasteiger partial charge < -0.3 is 5.11 Å². The Labute approximate surface area is 122 Å². The van der Waals surface area contributed by atoms with E-state index < -0.39 is 5.97 Å². The number of hydrogen-bond acceptors (Lipinski definition) is 2. The predicted molar refractivity (Wildman–Crippen MR) is 82.8 cm³/mol. The molecular weight excluding hydrogens is 250 g/mol. The van der Waals surface area contributed by atoms with E-state index in [0.29, 0.717) is 18.5 Å². The summed E-state index contributed by atoms with van der Waals surface area (Å²) in [4.78, 5) is 12.9. The van der Waals surface area contributed by atoms with Gasteiger partial charge >= 0.3 is 5.97 Å². The van der Waals surface area contributed by atoms with Crippen LogP contribution in [0, 0.1) is 5.92 Å². The Bertz CT molecular complexity index is 410. The summed E-state index contributed by atoms with van der Waals surface area (Å²) in [6.07, 6.45) is 1.30. The molecular formula is C17H27NO2. The summed E-state index contributed by atoms with van der Waals surface area (Å²) >= 11 is 0. The standard InChI is InChI=1S/C17H27NO2/c1-13(2)11-15-5-7-16(8-6-15)12-18(14(3)4)10-9-17(19)20/h5-8,13-14H,9-12H2,1-4H3,(H,19,20). The topological polar surface area (TPSA) is 40.5 Å². The SMILES string of the molecule is CC(C)Cc1ccc(CN(CCC(=O)O)C(C)C)cc1. The number of aliphatic carboxylic acids is 1. The van der Waals surface area contributed by atoms with Crippen LogP contribution >= 0.6 is 0 Å². The molecule has 3 nitrogen and oxygen atoms in total. The Hall–Kier alpha value is -1.35. The largest absolute Gasteiger partial charge is 0.481 e. The molecule has 112 valence electrons. The first-order valence-corrected chi connectivity index (χ1v) is 7.42. The lowest BCUT2D eigenvalue weighted by Gasteiger charge is -2.26. The van der Waals surface area contributed by atoms with Gasteiger partial charge in [-0.05, 0) is 37.3 Å².